The normalized spacial score (nSPS) is 10.0. The molecule has 0 aliphatic carbocycles. The van der Waals surface area contributed by atoms with Crippen LogP contribution in [0.25, 0.3) is 10.2 Å². The lowest BCUT2D eigenvalue weighted by atomic mass is 10.2. The van der Waals surface area contributed by atoms with Crippen molar-refractivity contribution in [1.29, 1.82) is 5.26 Å². The van der Waals surface area contributed by atoms with Crippen molar-refractivity contribution in [3.63, 3.8) is 0 Å². The summed E-state index contributed by atoms with van der Waals surface area (Å²) < 4.78 is 1.26. The Morgan fingerprint density at radius 1 is 1.13 bits per heavy atom. The Morgan fingerprint density at radius 2 is 1.93 bits per heavy atom. The van der Waals surface area contributed by atoms with Crippen LogP contribution in [0.3, 0.4) is 0 Å². The Bertz CT molecular complexity index is 1150. The molecule has 2 heterocycles. The molecule has 150 valence electrons. The van der Waals surface area contributed by atoms with E-state index in [2.05, 4.69) is 48.1 Å². The number of nitrogens with zero attached hydrogens (tertiary/aromatic N) is 4. The van der Waals surface area contributed by atoms with Gasteiger partial charge in [0, 0.05) is 31.5 Å². The molecule has 0 spiro atoms. The highest BCUT2D eigenvalue weighted by Crippen LogP contribution is 2.29. The summed E-state index contributed by atoms with van der Waals surface area (Å²) in [5, 5.41) is 9.42. The van der Waals surface area contributed by atoms with Gasteiger partial charge in [0.25, 0.3) is 0 Å². The van der Waals surface area contributed by atoms with E-state index in [4.69, 9.17) is 10.2 Å². The van der Waals surface area contributed by atoms with Gasteiger partial charge in [-0.3, -0.25) is 9.78 Å². The highest BCUT2D eigenvalue weighted by atomic mass is 32.1. The maximum absolute atomic E-state index is 10.1. The van der Waals surface area contributed by atoms with E-state index in [0.29, 0.717) is 11.1 Å². The van der Waals surface area contributed by atoms with Gasteiger partial charge in [0.1, 0.15) is 6.29 Å². The van der Waals surface area contributed by atoms with Crippen molar-refractivity contribution >= 4 is 33.0 Å². The second-order valence-corrected chi connectivity index (χ2v) is 7.73. The van der Waals surface area contributed by atoms with E-state index < -0.39 is 0 Å². The van der Waals surface area contributed by atoms with E-state index in [1.807, 2.05) is 18.3 Å². The van der Waals surface area contributed by atoms with Crippen LogP contribution < -0.4 is 4.90 Å². The van der Waals surface area contributed by atoms with Crippen LogP contribution in [0.15, 0.2) is 67.0 Å². The zero-order valence-corrected chi connectivity index (χ0v) is 17.8. The number of pyridine rings is 1. The molecule has 6 heteroatoms. The number of hydrogen-bond donors (Lipinski definition) is 0. The summed E-state index contributed by atoms with van der Waals surface area (Å²) >= 11 is 1.75. The summed E-state index contributed by atoms with van der Waals surface area (Å²) in [4.78, 5) is 21.2. The first kappa shape index (κ1) is 21.2. The molecule has 0 aliphatic heterocycles. The van der Waals surface area contributed by atoms with E-state index in [1.165, 1.54) is 15.8 Å². The van der Waals surface area contributed by atoms with Crippen molar-refractivity contribution in [2.45, 2.75) is 19.9 Å². The monoisotopic (exact) mass is 414 g/mol. The standard InChI is InChI=1S/C16H17N3S.C8H5NO/c1-3-12-6-7-14-15(9-12)20-16(18-14)19(2)11-13-5-4-8-17-10-13;9-5-7-1-3-8(6-10)4-2-7/h4-10H,3,11H2,1-2H3;1-4,6H. The second-order valence-electron chi connectivity index (χ2n) is 6.72. The molecule has 0 radical (unpaired) electrons. The quantitative estimate of drug-likeness (QED) is 0.417. The molecule has 0 saturated heterocycles. The van der Waals surface area contributed by atoms with Gasteiger partial charge in [-0.2, -0.15) is 5.26 Å². The van der Waals surface area contributed by atoms with Crippen LogP contribution in [0, 0.1) is 11.3 Å². The largest absolute Gasteiger partial charge is 0.347 e. The fraction of sp³-hybridized carbons (Fsp3) is 0.167. The number of fused-ring (bicyclic) bond motifs is 1. The molecule has 0 aliphatic rings. The third-order valence-electron chi connectivity index (χ3n) is 4.49. The van der Waals surface area contributed by atoms with E-state index in [0.717, 1.165) is 29.9 Å². The fourth-order valence-electron chi connectivity index (χ4n) is 2.81. The van der Waals surface area contributed by atoms with Gasteiger partial charge in [-0.05, 0) is 47.9 Å². The molecule has 0 unspecified atom stereocenters. The summed E-state index contributed by atoms with van der Waals surface area (Å²) in [6, 6.07) is 19.0. The molecule has 0 N–H and O–H groups in total. The van der Waals surface area contributed by atoms with E-state index in [1.54, 1.807) is 41.8 Å². The minimum atomic E-state index is 0.575. The summed E-state index contributed by atoms with van der Waals surface area (Å²) in [5.74, 6) is 0. The minimum Gasteiger partial charge on any atom is -0.347 e. The van der Waals surface area contributed by atoms with Gasteiger partial charge >= 0.3 is 0 Å². The Labute approximate surface area is 180 Å². The molecule has 0 bridgehead atoms. The van der Waals surface area contributed by atoms with Crippen molar-refractivity contribution in [3.05, 3.63) is 89.2 Å². The van der Waals surface area contributed by atoms with Gasteiger partial charge in [-0.1, -0.05) is 42.5 Å². The lowest BCUT2D eigenvalue weighted by molar-refractivity contribution is 0.112. The average molecular weight is 415 g/mol. The van der Waals surface area contributed by atoms with Crippen molar-refractivity contribution in [3.8, 4) is 6.07 Å². The second kappa shape index (κ2) is 10.3. The number of hydrogen-bond acceptors (Lipinski definition) is 6. The molecule has 2 aromatic heterocycles. The van der Waals surface area contributed by atoms with Crippen LogP contribution in [-0.4, -0.2) is 23.3 Å². The third kappa shape index (κ3) is 5.49. The Kier molecular flexibility index (Phi) is 7.25. The third-order valence-corrected chi connectivity index (χ3v) is 5.63. The van der Waals surface area contributed by atoms with Crippen LogP contribution in [0.1, 0.15) is 34.0 Å². The van der Waals surface area contributed by atoms with Gasteiger partial charge in [-0.15, -0.1) is 0 Å². The van der Waals surface area contributed by atoms with Crippen molar-refractivity contribution in [2.75, 3.05) is 11.9 Å². The number of aryl methyl sites for hydroxylation is 1. The maximum Gasteiger partial charge on any atom is 0.186 e. The van der Waals surface area contributed by atoms with Crippen LogP contribution in [0.4, 0.5) is 5.13 Å². The lowest BCUT2D eigenvalue weighted by Gasteiger charge is -2.14. The maximum atomic E-state index is 10.1. The zero-order chi connectivity index (χ0) is 21.3. The number of nitriles is 1. The number of thiazole rings is 1. The van der Waals surface area contributed by atoms with Crippen molar-refractivity contribution in [1.82, 2.24) is 9.97 Å². The van der Waals surface area contributed by atoms with Crippen LogP contribution >= 0.6 is 11.3 Å². The van der Waals surface area contributed by atoms with Crippen LogP contribution in [-0.2, 0) is 13.0 Å². The Balaban J connectivity index is 0.000000216. The number of carbonyl (C=O) groups is 1. The van der Waals surface area contributed by atoms with Crippen LogP contribution in [0.5, 0.6) is 0 Å². The molecule has 30 heavy (non-hydrogen) atoms. The summed E-state index contributed by atoms with van der Waals surface area (Å²) in [6.07, 6.45) is 5.52. The molecule has 4 rings (SSSR count). The summed E-state index contributed by atoms with van der Waals surface area (Å²) in [7, 11) is 2.07. The molecule has 0 saturated carbocycles. The smallest absolute Gasteiger partial charge is 0.186 e. The number of aldehydes is 1. The number of anilines is 1. The predicted molar refractivity (Wildman–Crippen MR) is 122 cm³/mol. The topological polar surface area (TPSA) is 69.9 Å². The molecular formula is C24H22N4OS. The van der Waals surface area contributed by atoms with Gasteiger partial charge in [0.15, 0.2) is 5.13 Å². The first-order valence-electron chi connectivity index (χ1n) is 9.57. The van der Waals surface area contributed by atoms with E-state index in [-0.39, 0.29) is 0 Å². The predicted octanol–water partition coefficient (Wildman–Crippen LogP) is 5.26. The van der Waals surface area contributed by atoms with Gasteiger partial charge in [-0.25, -0.2) is 4.98 Å². The summed E-state index contributed by atoms with van der Waals surface area (Å²) in [5.41, 5.74) is 4.82. The van der Waals surface area contributed by atoms with Crippen LogP contribution in [0.2, 0.25) is 0 Å². The molecule has 0 amide bonds. The average Bonchev–Trinajstić information content (AvgIpc) is 3.24. The number of aromatic nitrogens is 2. The molecule has 2 aromatic carbocycles. The van der Waals surface area contributed by atoms with Gasteiger partial charge < -0.3 is 4.90 Å². The highest BCUT2D eigenvalue weighted by Gasteiger charge is 2.09. The zero-order valence-electron chi connectivity index (χ0n) is 16.9. The summed E-state index contributed by atoms with van der Waals surface area (Å²) in [6.45, 7) is 3.01. The Hall–Kier alpha value is -3.56. The number of carbonyl (C=O) groups excluding carboxylic acids is 1. The molecule has 0 atom stereocenters. The fourth-order valence-corrected chi connectivity index (χ4v) is 3.80. The lowest BCUT2D eigenvalue weighted by Crippen LogP contribution is -2.15. The van der Waals surface area contributed by atoms with E-state index >= 15 is 0 Å². The molecular weight excluding hydrogens is 392 g/mol. The highest BCUT2D eigenvalue weighted by molar-refractivity contribution is 7.22. The molecule has 5 nitrogen and oxygen atoms in total. The number of rotatable bonds is 5. The number of benzene rings is 2. The molecule has 4 aromatic rings. The molecule has 0 fully saturated rings. The van der Waals surface area contributed by atoms with E-state index in [9.17, 15) is 4.79 Å². The Morgan fingerprint density at radius 3 is 2.57 bits per heavy atom. The minimum absolute atomic E-state index is 0.575. The van der Waals surface area contributed by atoms with Gasteiger partial charge in [0.05, 0.1) is 21.8 Å². The van der Waals surface area contributed by atoms with Gasteiger partial charge in [0.2, 0.25) is 0 Å². The SMILES string of the molecule is CCc1ccc2nc(N(C)Cc3cccnc3)sc2c1.N#Cc1ccc(C=O)cc1. The first-order valence-corrected chi connectivity index (χ1v) is 10.4. The first-order chi connectivity index (χ1) is 14.6. The van der Waals surface area contributed by atoms with Crippen molar-refractivity contribution < 1.29 is 4.79 Å². The van der Waals surface area contributed by atoms with Crippen molar-refractivity contribution in [2.24, 2.45) is 0 Å².